The first-order valence-electron chi connectivity index (χ1n) is 11.6. The van der Waals surface area contributed by atoms with Crippen LogP contribution in [-0.2, 0) is 10.9 Å². The topological polar surface area (TPSA) is 50.3 Å². The van der Waals surface area contributed by atoms with Crippen molar-refractivity contribution in [3.63, 3.8) is 0 Å². The molecule has 1 N–H and O–H groups in total. The van der Waals surface area contributed by atoms with Crippen LogP contribution < -0.4 is 10.2 Å². The molecular formula is C24H30F4N4O. The lowest BCUT2D eigenvalue weighted by atomic mass is 9.76. The van der Waals surface area contributed by atoms with Crippen molar-refractivity contribution in [2.24, 2.45) is 5.41 Å². The zero-order valence-corrected chi connectivity index (χ0v) is 18.8. The number of hydrogen-bond donors (Lipinski definition) is 1. The molecule has 2 aliphatic heterocycles. The maximum atomic E-state index is 15.5. The smallest absolute Gasteiger partial charge is 0.381 e. The van der Waals surface area contributed by atoms with E-state index in [1.165, 1.54) is 18.5 Å². The van der Waals surface area contributed by atoms with E-state index < -0.39 is 17.6 Å². The molecule has 33 heavy (non-hydrogen) atoms. The minimum absolute atomic E-state index is 0.0565. The summed E-state index contributed by atoms with van der Waals surface area (Å²) < 4.78 is 59.8. The van der Waals surface area contributed by atoms with E-state index in [1.54, 1.807) is 0 Å². The van der Waals surface area contributed by atoms with Gasteiger partial charge in [0.05, 0.1) is 11.6 Å². The predicted molar refractivity (Wildman–Crippen MR) is 119 cm³/mol. The normalized spacial score (nSPS) is 20.8. The van der Waals surface area contributed by atoms with E-state index in [2.05, 4.69) is 22.2 Å². The van der Waals surface area contributed by atoms with Gasteiger partial charge in [-0.3, -0.25) is 0 Å². The van der Waals surface area contributed by atoms with Gasteiger partial charge in [0.25, 0.3) is 0 Å². The first kappa shape index (κ1) is 23.7. The van der Waals surface area contributed by atoms with Crippen molar-refractivity contribution >= 4 is 11.6 Å². The third kappa shape index (κ3) is 5.23. The molecule has 1 aromatic carbocycles. The number of ether oxygens (including phenoxy) is 1. The van der Waals surface area contributed by atoms with Gasteiger partial charge in [0.15, 0.2) is 11.6 Å². The Labute approximate surface area is 191 Å². The molecule has 4 rings (SSSR count). The van der Waals surface area contributed by atoms with Crippen molar-refractivity contribution in [1.82, 2.24) is 9.97 Å². The maximum absolute atomic E-state index is 15.5. The summed E-state index contributed by atoms with van der Waals surface area (Å²) >= 11 is 0. The van der Waals surface area contributed by atoms with E-state index in [4.69, 9.17) is 4.74 Å². The quantitative estimate of drug-likeness (QED) is 0.509. The Bertz CT molecular complexity index is 924. The number of alkyl halides is 3. The highest BCUT2D eigenvalue weighted by Gasteiger charge is 2.34. The third-order valence-corrected chi connectivity index (χ3v) is 6.88. The first-order valence-corrected chi connectivity index (χ1v) is 11.6. The van der Waals surface area contributed by atoms with Crippen LogP contribution in [-0.4, -0.2) is 36.3 Å². The number of rotatable bonds is 7. The highest BCUT2D eigenvalue weighted by Crippen LogP contribution is 2.39. The number of aromatic nitrogens is 2. The van der Waals surface area contributed by atoms with Gasteiger partial charge >= 0.3 is 6.18 Å². The van der Waals surface area contributed by atoms with Gasteiger partial charge in [0.1, 0.15) is 6.33 Å². The molecule has 5 nitrogen and oxygen atoms in total. The van der Waals surface area contributed by atoms with Gasteiger partial charge in [0.2, 0.25) is 5.82 Å². The highest BCUT2D eigenvalue weighted by atomic mass is 19.4. The number of halogens is 4. The lowest BCUT2D eigenvalue weighted by Gasteiger charge is -2.37. The van der Waals surface area contributed by atoms with Crippen molar-refractivity contribution < 1.29 is 22.3 Å². The van der Waals surface area contributed by atoms with Gasteiger partial charge in [-0.25, -0.2) is 9.97 Å². The third-order valence-electron chi connectivity index (χ3n) is 6.88. The molecular weight excluding hydrogens is 436 g/mol. The number of nitrogens with one attached hydrogen (secondary N) is 1. The van der Waals surface area contributed by atoms with Crippen LogP contribution in [0.3, 0.4) is 0 Å². The highest BCUT2D eigenvalue weighted by molar-refractivity contribution is 5.53. The second kappa shape index (κ2) is 9.83. The SMILES string of the molecule is CCCC1(CNc2ncnc(N3CCCC3c3ccc(C(F)(F)F)cc3)c2F)CCOCC1. The zero-order chi connectivity index (χ0) is 23.5. The van der Waals surface area contributed by atoms with Crippen LogP contribution in [0.2, 0.25) is 0 Å². The van der Waals surface area contributed by atoms with Crippen LogP contribution in [0.15, 0.2) is 30.6 Å². The van der Waals surface area contributed by atoms with Crippen molar-refractivity contribution in [3.05, 3.63) is 47.5 Å². The summed E-state index contributed by atoms with van der Waals surface area (Å²) in [7, 11) is 0. The number of benzene rings is 1. The molecule has 9 heteroatoms. The molecule has 0 aliphatic carbocycles. The molecule has 0 amide bonds. The van der Waals surface area contributed by atoms with Crippen LogP contribution in [0.25, 0.3) is 0 Å². The second-order valence-electron chi connectivity index (χ2n) is 9.05. The van der Waals surface area contributed by atoms with Gasteiger partial charge in [0, 0.05) is 26.3 Å². The minimum Gasteiger partial charge on any atom is -0.381 e. The monoisotopic (exact) mass is 466 g/mol. The van der Waals surface area contributed by atoms with E-state index in [0.717, 1.165) is 56.2 Å². The molecule has 3 heterocycles. The van der Waals surface area contributed by atoms with Crippen LogP contribution in [0.1, 0.15) is 62.6 Å². The molecule has 180 valence electrons. The van der Waals surface area contributed by atoms with Crippen LogP contribution in [0.4, 0.5) is 29.2 Å². The molecule has 0 spiro atoms. The van der Waals surface area contributed by atoms with E-state index in [1.807, 2.05) is 4.90 Å². The van der Waals surface area contributed by atoms with E-state index in [9.17, 15) is 13.2 Å². The fourth-order valence-corrected chi connectivity index (χ4v) is 5.07. The standard InChI is InChI=1S/C24H30F4N4O/c1-2-9-23(10-13-33-14-11-23)15-29-21-20(25)22(31-16-30-21)32-12-3-4-19(32)17-5-7-18(8-6-17)24(26,27)28/h5-8,16,19H,2-4,9-15H2,1H3,(H,29,30,31). The second-order valence-corrected chi connectivity index (χ2v) is 9.05. The van der Waals surface area contributed by atoms with Gasteiger partial charge < -0.3 is 15.0 Å². The van der Waals surface area contributed by atoms with E-state index >= 15 is 4.39 Å². The summed E-state index contributed by atoms with van der Waals surface area (Å²) in [6, 6.07) is 4.88. The van der Waals surface area contributed by atoms with E-state index in [-0.39, 0.29) is 23.1 Å². The molecule has 0 bridgehead atoms. The summed E-state index contributed by atoms with van der Waals surface area (Å²) in [5, 5.41) is 3.22. The van der Waals surface area contributed by atoms with Crippen molar-refractivity contribution in [2.45, 2.75) is 57.7 Å². The number of anilines is 2. The maximum Gasteiger partial charge on any atom is 0.416 e. The summed E-state index contributed by atoms with van der Waals surface area (Å²) in [6.07, 6.45) is 2.42. The van der Waals surface area contributed by atoms with Gasteiger partial charge in [-0.15, -0.1) is 0 Å². The molecule has 2 saturated heterocycles. The molecule has 1 aromatic heterocycles. The molecule has 0 saturated carbocycles. The van der Waals surface area contributed by atoms with Crippen molar-refractivity contribution in [1.29, 1.82) is 0 Å². The Hall–Kier alpha value is -2.42. The van der Waals surface area contributed by atoms with Crippen LogP contribution >= 0.6 is 0 Å². The molecule has 1 atom stereocenters. The molecule has 0 radical (unpaired) electrons. The zero-order valence-electron chi connectivity index (χ0n) is 18.8. The average Bonchev–Trinajstić information content (AvgIpc) is 3.28. The van der Waals surface area contributed by atoms with Gasteiger partial charge in [-0.05, 0) is 55.2 Å². The van der Waals surface area contributed by atoms with Crippen molar-refractivity contribution in [2.75, 3.05) is 36.5 Å². The fourth-order valence-electron chi connectivity index (χ4n) is 5.07. The molecule has 2 fully saturated rings. The first-order chi connectivity index (χ1) is 15.8. The average molecular weight is 467 g/mol. The summed E-state index contributed by atoms with van der Waals surface area (Å²) in [4.78, 5) is 10.2. The Kier molecular flexibility index (Phi) is 7.07. The summed E-state index contributed by atoms with van der Waals surface area (Å²) in [6.45, 7) is 4.76. The van der Waals surface area contributed by atoms with E-state index in [0.29, 0.717) is 26.3 Å². The number of nitrogens with zero attached hydrogens (tertiary/aromatic N) is 3. The summed E-state index contributed by atoms with van der Waals surface area (Å²) in [5.74, 6) is -0.165. The fraction of sp³-hybridized carbons (Fsp3) is 0.583. The van der Waals surface area contributed by atoms with Crippen LogP contribution in [0.5, 0.6) is 0 Å². The lowest BCUT2D eigenvalue weighted by molar-refractivity contribution is -0.137. The Morgan fingerprint density at radius 1 is 1.15 bits per heavy atom. The van der Waals surface area contributed by atoms with Gasteiger partial charge in [-0.2, -0.15) is 17.6 Å². The van der Waals surface area contributed by atoms with Gasteiger partial charge in [-0.1, -0.05) is 25.5 Å². The molecule has 2 aromatic rings. The Balaban J connectivity index is 1.52. The lowest BCUT2D eigenvalue weighted by Crippen LogP contribution is -2.36. The predicted octanol–water partition coefficient (Wildman–Crippen LogP) is 5.98. The largest absolute Gasteiger partial charge is 0.416 e. The summed E-state index contributed by atoms with van der Waals surface area (Å²) in [5.41, 5.74) is 0.0859. The Morgan fingerprint density at radius 2 is 1.88 bits per heavy atom. The molecule has 2 aliphatic rings. The van der Waals surface area contributed by atoms with Crippen molar-refractivity contribution in [3.8, 4) is 0 Å². The Morgan fingerprint density at radius 3 is 2.55 bits per heavy atom. The molecule has 1 unspecified atom stereocenters. The van der Waals surface area contributed by atoms with Crippen LogP contribution in [0, 0.1) is 11.2 Å². The number of hydrogen-bond acceptors (Lipinski definition) is 5. The minimum atomic E-state index is -4.38.